The van der Waals surface area contributed by atoms with E-state index in [4.69, 9.17) is 4.74 Å². The lowest BCUT2D eigenvalue weighted by molar-refractivity contribution is 0.00694. The predicted octanol–water partition coefficient (Wildman–Crippen LogP) is 2.68. The number of benzene rings is 1. The zero-order valence-electron chi connectivity index (χ0n) is 11.4. The van der Waals surface area contributed by atoms with Crippen LogP contribution in [0, 0.1) is 0 Å². The molecule has 1 N–H and O–H groups in total. The molecule has 0 bridgehead atoms. The van der Waals surface area contributed by atoms with E-state index in [0.29, 0.717) is 5.56 Å². The van der Waals surface area contributed by atoms with Crippen LogP contribution in [-0.4, -0.2) is 18.1 Å². The summed E-state index contributed by atoms with van der Waals surface area (Å²) in [7, 11) is 0. The highest BCUT2D eigenvalue weighted by Crippen LogP contribution is 2.19. The number of carbonyl (C=O) groups excluding carboxylic acids is 1. The second-order valence-electron chi connectivity index (χ2n) is 5.77. The number of hydrogen-bond acceptors (Lipinski definition) is 3. The maximum atomic E-state index is 12.0. The highest BCUT2D eigenvalue weighted by molar-refractivity contribution is 5.90. The molecule has 98 valence electrons. The fourth-order valence-corrected chi connectivity index (χ4v) is 2.12. The standard InChI is InChI=1S/C15H21NO2/c1-15(2,3)18-14(17)12-6-7-13-10-16-8-4-5-11(13)9-12/h6-7,9,16H,4-5,8,10H2,1-3H3. The summed E-state index contributed by atoms with van der Waals surface area (Å²) < 4.78 is 5.39. The Morgan fingerprint density at radius 3 is 2.78 bits per heavy atom. The molecule has 0 aromatic heterocycles. The molecule has 1 heterocycles. The monoisotopic (exact) mass is 247 g/mol. The zero-order valence-corrected chi connectivity index (χ0v) is 11.4. The Balaban J connectivity index is 2.20. The van der Waals surface area contributed by atoms with Gasteiger partial charge >= 0.3 is 5.97 Å². The third-order valence-corrected chi connectivity index (χ3v) is 2.96. The molecule has 0 saturated carbocycles. The largest absolute Gasteiger partial charge is 0.456 e. The minimum atomic E-state index is -0.439. The van der Waals surface area contributed by atoms with Crippen LogP contribution in [0.4, 0.5) is 0 Å². The average molecular weight is 247 g/mol. The normalized spacial score (nSPS) is 15.7. The molecule has 0 spiro atoms. The van der Waals surface area contributed by atoms with Crippen LogP contribution in [0.2, 0.25) is 0 Å². The molecular weight excluding hydrogens is 226 g/mol. The van der Waals surface area contributed by atoms with Crippen molar-refractivity contribution in [2.24, 2.45) is 0 Å². The number of carbonyl (C=O) groups is 1. The van der Waals surface area contributed by atoms with E-state index in [-0.39, 0.29) is 5.97 Å². The summed E-state index contributed by atoms with van der Waals surface area (Å²) in [6.45, 7) is 7.59. The summed E-state index contributed by atoms with van der Waals surface area (Å²) in [5.74, 6) is -0.234. The third kappa shape index (κ3) is 3.33. The third-order valence-electron chi connectivity index (χ3n) is 2.96. The Labute approximate surface area is 109 Å². The Morgan fingerprint density at radius 2 is 2.06 bits per heavy atom. The van der Waals surface area contributed by atoms with Gasteiger partial charge in [-0.1, -0.05) is 6.07 Å². The van der Waals surface area contributed by atoms with Crippen molar-refractivity contribution in [2.75, 3.05) is 6.54 Å². The Hall–Kier alpha value is -1.35. The number of ether oxygens (including phenoxy) is 1. The van der Waals surface area contributed by atoms with Crippen LogP contribution in [-0.2, 0) is 17.7 Å². The molecule has 0 amide bonds. The lowest BCUT2D eigenvalue weighted by Gasteiger charge is -2.20. The maximum absolute atomic E-state index is 12.0. The number of nitrogens with one attached hydrogen (secondary N) is 1. The van der Waals surface area contributed by atoms with Gasteiger partial charge < -0.3 is 10.1 Å². The van der Waals surface area contributed by atoms with Crippen LogP contribution in [0.15, 0.2) is 18.2 Å². The van der Waals surface area contributed by atoms with Gasteiger partial charge in [0.2, 0.25) is 0 Å². The summed E-state index contributed by atoms with van der Waals surface area (Å²) in [5, 5.41) is 3.37. The topological polar surface area (TPSA) is 38.3 Å². The second kappa shape index (κ2) is 5.11. The van der Waals surface area contributed by atoms with Crippen LogP contribution in [0.1, 0.15) is 48.7 Å². The van der Waals surface area contributed by atoms with E-state index in [2.05, 4.69) is 5.32 Å². The Morgan fingerprint density at radius 1 is 1.28 bits per heavy atom. The molecule has 3 nitrogen and oxygen atoms in total. The molecule has 0 aliphatic carbocycles. The SMILES string of the molecule is CC(C)(C)OC(=O)c1ccc2c(c1)CCCNC2. The first-order chi connectivity index (χ1) is 8.46. The van der Waals surface area contributed by atoms with Crippen molar-refractivity contribution in [3.63, 3.8) is 0 Å². The van der Waals surface area contributed by atoms with Crippen molar-refractivity contribution in [1.29, 1.82) is 0 Å². The summed E-state index contributed by atoms with van der Waals surface area (Å²) in [5.41, 5.74) is 2.78. The molecule has 1 aliphatic rings. The molecule has 1 aromatic carbocycles. The van der Waals surface area contributed by atoms with Crippen LogP contribution >= 0.6 is 0 Å². The van der Waals surface area contributed by atoms with Crippen LogP contribution in [0.3, 0.4) is 0 Å². The van der Waals surface area contributed by atoms with Crippen molar-refractivity contribution in [3.05, 3.63) is 34.9 Å². The molecule has 0 atom stereocenters. The van der Waals surface area contributed by atoms with Crippen LogP contribution in [0.25, 0.3) is 0 Å². The summed E-state index contributed by atoms with van der Waals surface area (Å²) in [6, 6.07) is 5.88. The summed E-state index contributed by atoms with van der Waals surface area (Å²) in [4.78, 5) is 12.0. The maximum Gasteiger partial charge on any atom is 0.338 e. The quantitative estimate of drug-likeness (QED) is 0.775. The molecule has 1 aliphatic heterocycles. The van der Waals surface area contributed by atoms with Gasteiger partial charge in [0.15, 0.2) is 0 Å². The minimum absolute atomic E-state index is 0.234. The van der Waals surface area contributed by atoms with Crippen molar-refractivity contribution < 1.29 is 9.53 Å². The van der Waals surface area contributed by atoms with Crippen LogP contribution in [0.5, 0.6) is 0 Å². The molecule has 0 fully saturated rings. The van der Waals surface area contributed by atoms with Crippen LogP contribution < -0.4 is 5.32 Å². The first kappa shape index (κ1) is 13.1. The molecule has 0 radical (unpaired) electrons. The number of fused-ring (bicyclic) bond motifs is 1. The van der Waals surface area contributed by atoms with Gasteiger partial charge in [-0.3, -0.25) is 0 Å². The smallest absolute Gasteiger partial charge is 0.338 e. The predicted molar refractivity (Wildman–Crippen MR) is 71.6 cm³/mol. The first-order valence-electron chi connectivity index (χ1n) is 6.51. The molecule has 1 aromatic rings. The van der Waals surface area contributed by atoms with Gasteiger partial charge in [-0.15, -0.1) is 0 Å². The van der Waals surface area contributed by atoms with E-state index in [0.717, 1.165) is 25.9 Å². The van der Waals surface area contributed by atoms with Gasteiger partial charge in [-0.2, -0.15) is 0 Å². The van der Waals surface area contributed by atoms with Gasteiger partial charge in [-0.05, 0) is 63.4 Å². The van der Waals surface area contributed by atoms with Crippen molar-refractivity contribution >= 4 is 5.97 Å². The Bertz CT molecular complexity index is 446. The van der Waals surface area contributed by atoms with Gasteiger partial charge in [-0.25, -0.2) is 4.79 Å². The van der Waals surface area contributed by atoms with E-state index in [1.54, 1.807) is 0 Å². The zero-order chi connectivity index (χ0) is 13.2. The molecule has 0 saturated heterocycles. The summed E-state index contributed by atoms with van der Waals surface area (Å²) in [6.07, 6.45) is 2.14. The summed E-state index contributed by atoms with van der Waals surface area (Å²) >= 11 is 0. The lowest BCUT2D eigenvalue weighted by atomic mass is 10.0. The van der Waals surface area contributed by atoms with E-state index < -0.39 is 5.60 Å². The highest BCUT2D eigenvalue weighted by atomic mass is 16.6. The minimum Gasteiger partial charge on any atom is -0.456 e. The van der Waals surface area contributed by atoms with Gasteiger partial charge in [0, 0.05) is 6.54 Å². The fourth-order valence-electron chi connectivity index (χ4n) is 2.12. The molecule has 0 unspecified atom stereocenters. The highest BCUT2D eigenvalue weighted by Gasteiger charge is 2.19. The van der Waals surface area contributed by atoms with E-state index in [9.17, 15) is 4.79 Å². The van der Waals surface area contributed by atoms with Crippen molar-refractivity contribution in [1.82, 2.24) is 5.32 Å². The molecule has 3 heteroatoms. The lowest BCUT2D eigenvalue weighted by Crippen LogP contribution is -2.24. The number of esters is 1. The average Bonchev–Trinajstić information content (AvgIpc) is 2.50. The van der Waals surface area contributed by atoms with Gasteiger partial charge in [0.05, 0.1) is 5.56 Å². The fraction of sp³-hybridized carbons (Fsp3) is 0.533. The molecular formula is C15H21NO2. The number of rotatable bonds is 1. The van der Waals surface area contributed by atoms with E-state index >= 15 is 0 Å². The number of hydrogen-bond donors (Lipinski definition) is 1. The van der Waals surface area contributed by atoms with Gasteiger partial charge in [0.25, 0.3) is 0 Å². The van der Waals surface area contributed by atoms with Crippen molar-refractivity contribution in [2.45, 2.75) is 45.8 Å². The molecule has 2 rings (SSSR count). The van der Waals surface area contributed by atoms with E-state index in [1.165, 1.54) is 11.1 Å². The molecule has 18 heavy (non-hydrogen) atoms. The number of aryl methyl sites for hydroxylation is 1. The second-order valence-corrected chi connectivity index (χ2v) is 5.77. The van der Waals surface area contributed by atoms with E-state index in [1.807, 2.05) is 39.0 Å². The van der Waals surface area contributed by atoms with Gasteiger partial charge in [0.1, 0.15) is 5.60 Å². The first-order valence-corrected chi connectivity index (χ1v) is 6.51. The van der Waals surface area contributed by atoms with Crippen molar-refractivity contribution in [3.8, 4) is 0 Å². The Kier molecular flexibility index (Phi) is 3.71.